The van der Waals surface area contributed by atoms with Crippen molar-refractivity contribution in [1.82, 2.24) is 0 Å². The third kappa shape index (κ3) is 1.43. The maximum absolute atomic E-state index is 10.6. The molecule has 0 saturated carbocycles. The second kappa shape index (κ2) is 2.64. The first-order valence-electron chi connectivity index (χ1n) is 3.06. The molecule has 0 aromatic carbocycles. The number of aldehydes is 1. The van der Waals surface area contributed by atoms with Crippen molar-refractivity contribution in [3.05, 3.63) is 12.3 Å². The monoisotopic (exact) mass is 140 g/mol. The molecule has 54 valence electrons. The Balaban J connectivity index is 2.58. The maximum Gasteiger partial charge on any atom is 0.311 e. The van der Waals surface area contributed by atoms with Gasteiger partial charge in [0.1, 0.15) is 12.0 Å². The van der Waals surface area contributed by atoms with E-state index in [0.717, 1.165) is 6.29 Å². The Bertz CT molecular complexity index is 167. The number of carbonyl (C=O) groups is 2. The molecule has 1 aliphatic rings. The van der Waals surface area contributed by atoms with Crippen molar-refractivity contribution in [2.24, 2.45) is 5.92 Å². The number of rotatable bonds is 1. The normalized spacial score (nSPS) is 25.8. The van der Waals surface area contributed by atoms with Crippen LogP contribution in [0.4, 0.5) is 0 Å². The second-order valence-corrected chi connectivity index (χ2v) is 2.32. The molecule has 0 aromatic rings. The van der Waals surface area contributed by atoms with E-state index in [1.165, 1.54) is 0 Å². The first kappa shape index (κ1) is 6.99. The van der Waals surface area contributed by atoms with E-state index in [4.69, 9.17) is 0 Å². The summed E-state index contributed by atoms with van der Waals surface area (Å²) in [5.41, 5.74) is 0. The Morgan fingerprint density at radius 3 is 2.80 bits per heavy atom. The molecule has 1 fully saturated rings. The lowest BCUT2D eigenvalue weighted by Gasteiger charge is -2.17. The molecular weight excluding hydrogens is 132 g/mol. The molecule has 0 aromatic heterocycles. The van der Waals surface area contributed by atoms with Crippen molar-refractivity contribution in [3.8, 4) is 0 Å². The number of hydrogen-bond donors (Lipinski definition) is 0. The van der Waals surface area contributed by atoms with Gasteiger partial charge in [0, 0.05) is 12.3 Å². The van der Waals surface area contributed by atoms with E-state index in [1.807, 2.05) is 0 Å². The zero-order valence-corrected chi connectivity index (χ0v) is 5.50. The molecule has 1 unspecified atom stereocenters. The van der Waals surface area contributed by atoms with Crippen molar-refractivity contribution in [1.29, 1.82) is 0 Å². The van der Waals surface area contributed by atoms with Crippen molar-refractivity contribution in [3.63, 3.8) is 0 Å². The van der Waals surface area contributed by atoms with Crippen LogP contribution < -0.4 is 0 Å². The molecule has 1 aliphatic heterocycles. The fourth-order valence-electron chi connectivity index (χ4n) is 0.919. The third-order valence-corrected chi connectivity index (χ3v) is 1.37. The number of allylic oxidation sites excluding steroid dienone is 1. The third-order valence-electron chi connectivity index (χ3n) is 1.37. The summed E-state index contributed by atoms with van der Waals surface area (Å²) in [5, 5.41) is 0. The average Bonchev–Trinajstić information content (AvgIpc) is 1.85. The summed E-state index contributed by atoms with van der Waals surface area (Å²) in [5.74, 6) is -0.171. The largest absolute Gasteiger partial charge is 0.432 e. The molecule has 10 heavy (non-hydrogen) atoms. The van der Waals surface area contributed by atoms with Crippen LogP contribution in [0.1, 0.15) is 12.8 Å². The van der Waals surface area contributed by atoms with Gasteiger partial charge in [0.05, 0.1) is 6.42 Å². The zero-order chi connectivity index (χ0) is 7.56. The van der Waals surface area contributed by atoms with Crippen LogP contribution in [-0.4, -0.2) is 12.3 Å². The van der Waals surface area contributed by atoms with Gasteiger partial charge < -0.3 is 9.53 Å². The van der Waals surface area contributed by atoms with Crippen molar-refractivity contribution in [2.75, 3.05) is 0 Å². The van der Waals surface area contributed by atoms with Gasteiger partial charge in [-0.25, -0.2) is 0 Å². The van der Waals surface area contributed by atoms with E-state index < -0.39 is 0 Å². The molecule has 1 rings (SSSR count). The lowest BCUT2D eigenvalue weighted by molar-refractivity contribution is -0.145. The molecule has 0 amide bonds. The topological polar surface area (TPSA) is 43.4 Å². The summed E-state index contributed by atoms with van der Waals surface area (Å²) in [6.45, 7) is 3.46. The van der Waals surface area contributed by atoms with Gasteiger partial charge in [-0.05, 0) is 0 Å². The van der Waals surface area contributed by atoms with Crippen LogP contribution in [0.3, 0.4) is 0 Å². The Morgan fingerprint density at radius 2 is 2.30 bits per heavy atom. The summed E-state index contributed by atoms with van der Waals surface area (Å²) in [7, 11) is 0. The van der Waals surface area contributed by atoms with E-state index in [9.17, 15) is 9.59 Å². The highest BCUT2D eigenvalue weighted by atomic mass is 16.5. The van der Waals surface area contributed by atoms with E-state index >= 15 is 0 Å². The first-order valence-corrected chi connectivity index (χ1v) is 3.06. The SMILES string of the molecule is C=C1CC(C=O)CC(=O)O1. The van der Waals surface area contributed by atoms with Gasteiger partial charge in [0.15, 0.2) is 0 Å². The van der Waals surface area contributed by atoms with Crippen LogP contribution >= 0.6 is 0 Å². The Morgan fingerprint density at radius 1 is 1.60 bits per heavy atom. The summed E-state index contributed by atoms with van der Waals surface area (Å²) in [6, 6.07) is 0. The highest BCUT2D eigenvalue weighted by Gasteiger charge is 2.22. The number of esters is 1. The average molecular weight is 140 g/mol. The van der Waals surface area contributed by atoms with Crippen LogP contribution in [0.2, 0.25) is 0 Å². The summed E-state index contributed by atoms with van der Waals surface area (Å²) in [6.07, 6.45) is 1.45. The summed E-state index contributed by atoms with van der Waals surface area (Å²) >= 11 is 0. The fourth-order valence-corrected chi connectivity index (χ4v) is 0.919. The Hall–Kier alpha value is -1.12. The van der Waals surface area contributed by atoms with Gasteiger partial charge in [0.25, 0.3) is 0 Å². The summed E-state index contributed by atoms with van der Waals surface area (Å²) < 4.78 is 4.63. The van der Waals surface area contributed by atoms with E-state index in [0.29, 0.717) is 12.2 Å². The van der Waals surface area contributed by atoms with Crippen LogP contribution in [0.15, 0.2) is 12.3 Å². The number of cyclic esters (lactones) is 1. The quantitative estimate of drug-likeness (QED) is 0.396. The first-order chi connectivity index (χ1) is 4.72. The lowest BCUT2D eigenvalue weighted by atomic mass is 10.0. The molecule has 0 bridgehead atoms. The predicted octanol–water partition coefficient (Wildman–Crippen LogP) is 0.652. The lowest BCUT2D eigenvalue weighted by Crippen LogP contribution is -2.19. The van der Waals surface area contributed by atoms with Gasteiger partial charge in [-0.3, -0.25) is 4.79 Å². The van der Waals surface area contributed by atoms with Gasteiger partial charge in [-0.15, -0.1) is 0 Å². The summed E-state index contributed by atoms with van der Waals surface area (Å²) in [4.78, 5) is 20.8. The van der Waals surface area contributed by atoms with Crippen molar-refractivity contribution in [2.45, 2.75) is 12.8 Å². The molecule has 0 N–H and O–H groups in total. The van der Waals surface area contributed by atoms with Gasteiger partial charge in [-0.1, -0.05) is 6.58 Å². The molecular formula is C7H8O3. The van der Waals surface area contributed by atoms with Crippen molar-refractivity contribution < 1.29 is 14.3 Å². The molecule has 3 heteroatoms. The number of ether oxygens (including phenoxy) is 1. The minimum absolute atomic E-state index is 0.197. The second-order valence-electron chi connectivity index (χ2n) is 2.32. The Labute approximate surface area is 58.7 Å². The fraction of sp³-hybridized carbons (Fsp3) is 0.429. The molecule has 0 radical (unpaired) electrons. The van der Waals surface area contributed by atoms with Gasteiger partial charge in [0.2, 0.25) is 0 Å². The maximum atomic E-state index is 10.6. The molecule has 3 nitrogen and oxygen atoms in total. The smallest absolute Gasteiger partial charge is 0.311 e. The molecule has 1 saturated heterocycles. The molecule has 0 aliphatic carbocycles. The minimum Gasteiger partial charge on any atom is -0.432 e. The molecule has 0 spiro atoms. The van der Waals surface area contributed by atoms with Crippen LogP contribution in [0.5, 0.6) is 0 Å². The highest BCUT2D eigenvalue weighted by molar-refractivity contribution is 5.76. The molecule has 1 heterocycles. The standard InChI is InChI=1S/C7H8O3/c1-5-2-6(4-8)3-7(9)10-5/h4,6H,1-3H2. The van der Waals surface area contributed by atoms with Gasteiger partial charge >= 0.3 is 5.97 Å². The number of hydrogen-bond acceptors (Lipinski definition) is 3. The zero-order valence-electron chi connectivity index (χ0n) is 5.50. The van der Waals surface area contributed by atoms with E-state index in [2.05, 4.69) is 11.3 Å². The van der Waals surface area contributed by atoms with Crippen LogP contribution in [-0.2, 0) is 14.3 Å². The van der Waals surface area contributed by atoms with E-state index in [1.54, 1.807) is 0 Å². The van der Waals surface area contributed by atoms with E-state index in [-0.39, 0.29) is 18.3 Å². The Kier molecular flexibility index (Phi) is 1.85. The molecule has 1 atom stereocenters. The van der Waals surface area contributed by atoms with Crippen molar-refractivity contribution >= 4 is 12.3 Å². The minimum atomic E-state index is -0.353. The van der Waals surface area contributed by atoms with Crippen LogP contribution in [0.25, 0.3) is 0 Å². The highest BCUT2D eigenvalue weighted by Crippen LogP contribution is 2.20. The van der Waals surface area contributed by atoms with Gasteiger partial charge in [-0.2, -0.15) is 0 Å². The van der Waals surface area contributed by atoms with Crippen LogP contribution in [0, 0.1) is 5.92 Å². The number of carbonyl (C=O) groups excluding carboxylic acids is 2. The predicted molar refractivity (Wildman–Crippen MR) is 34.0 cm³/mol.